The number of ether oxygens (including phenoxy) is 1. The van der Waals surface area contributed by atoms with Crippen molar-refractivity contribution in [2.24, 2.45) is 10.2 Å². The molecule has 82 valence electrons. The van der Waals surface area contributed by atoms with Crippen LogP contribution in [0.25, 0.3) is 0 Å². The van der Waals surface area contributed by atoms with E-state index in [0.717, 1.165) is 24.5 Å². The van der Waals surface area contributed by atoms with Gasteiger partial charge in [-0.15, -0.1) is 0 Å². The fourth-order valence-electron chi connectivity index (χ4n) is 1.25. The third-order valence-corrected chi connectivity index (χ3v) is 2.14. The summed E-state index contributed by atoms with van der Waals surface area (Å²) in [5.74, 6) is 0. The molecule has 0 heterocycles. The van der Waals surface area contributed by atoms with Crippen LogP contribution in [-0.4, -0.2) is 34.4 Å². The Morgan fingerprint density at radius 1 is 1.27 bits per heavy atom. The minimum atomic E-state index is 0.729. The number of likely N-dealkylation sites (N-methyl/N-ethyl adjacent to an activating group) is 1. The first-order valence-corrected chi connectivity index (χ1v) is 4.88. The molecule has 15 heavy (non-hydrogen) atoms. The Balaban J connectivity index is 2.62. The quantitative estimate of drug-likeness (QED) is 0.695. The SMILES string of the molecule is CN=Nc1ccc(N(C)CCOC)cc1. The van der Waals surface area contributed by atoms with E-state index in [1.54, 1.807) is 14.2 Å². The van der Waals surface area contributed by atoms with Gasteiger partial charge in [0.1, 0.15) is 0 Å². The van der Waals surface area contributed by atoms with Crippen LogP contribution in [0.4, 0.5) is 11.4 Å². The van der Waals surface area contributed by atoms with Gasteiger partial charge in [0.05, 0.1) is 12.3 Å². The largest absolute Gasteiger partial charge is 0.383 e. The van der Waals surface area contributed by atoms with Gasteiger partial charge in [0.15, 0.2) is 0 Å². The van der Waals surface area contributed by atoms with Crippen LogP contribution in [0.15, 0.2) is 34.5 Å². The lowest BCUT2D eigenvalue weighted by Crippen LogP contribution is -2.21. The lowest BCUT2D eigenvalue weighted by molar-refractivity contribution is 0.206. The van der Waals surface area contributed by atoms with Gasteiger partial charge in [0.25, 0.3) is 0 Å². The molecule has 0 fully saturated rings. The topological polar surface area (TPSA) is 37.2 Å². The molecule has 4 heteroatoms. The van der Waals surface area contributed by atoms with Crippen LogP contribution in [0.5, 0.6) is 0 Å². The highest BCUT2D eigenvalue weighted by atomic mass is 16.5. The summed E-state index contributed by atoms with van der Waals surface area (Å²) in [5.41, 5.74) is 2.03. The normalized spacial score (nSPS) is 10.9. The molecular weight excluding hydrogens is 190 g/mol. The zero-order chi connectivity index (χ0) is 11.1. The van der Waals surface area contributed by atoms with Gasteiger partial charge in [-0.25, -0.2) is 0 Å². The van der Waals surface area contributed by atoms with Crippen molar-refractivity contribution in [2.75, 3.05) is 39.3 Å². The van der Waals surface area contributed by atoms with Gasteiger partial charge in [-0.1, -0.05) is 0 Å². The second kappa shape index (κ2) is 6.14. The number of methoxy groups -OCH3 is 1. The third-order valence-electron chi connectivity index (χ3n) is 2.14. The number of azo groups is 1. The summed E-state index contributed by atoms with van der Waals surface area (Å²) in [5, 5.41) is 7.67. The number of rotatable bonds is 5. The van der Waals surface area contributed by atoms with Gasteiger partial charge in [-0.3, -0.25) is 0 Å². The Morgan fingerprint density at radius 2 is 1.93 bits per heavy atom. The highest BCUT2D eigenvalue weighted by molar-refractivity contribution is 5.52. The molecule has 1 aromatic carbocycles. The van der Waals surface area contributed by atoms with Gasteiger partial charge in [0, 0.05) is 33.4 Å². The summed E-state index contributed by atoms with van der Waals surface area (Å²) in [6.07, 6.45) is 0. The molecule has 0 saturated carbocycles. The Kier molecular flexibility index (Phi) is 4.77. The van der Waals surface area contributed by atoms with Crippen LogP contribution in [0.1, 0.15) is 0 Å². The standard InChI is InChI=1S/C11H17N3O/c1-12-13-10-4-6-11(7-5-10)14(2)8-9-15-3/h4-7H,8-9H2,1-3H3. The molecular formula is C11H17N3O. The summed E-state index contributed by atoms with van der Waals surface area (Å²) in [6.45, 7) is 1.61. The van der Waals surface area contributed by atoms with Crippen molar-refractivity contribution < 1.29 is 4.74 Å². The van der Waals surface area contributed by atoms with E-state index in [2.05, 4.69) is 15.1 Å². The first-order chi connectivity index (χ1) is 7.27. The monoisotopic (exact) mass is 207 g/mol. The van der Waals surface area contributed by atoms with Crippen LogP contribution in [0.3, 0.4) is 0 Å². The second-order valence-electron chi connectivity index (χ2n) is 3.23. The van der Waals surface area contributed by atoms with Gasteiger partial charge in [-0.05, 0) is 24.3 Å². The number of anilines is 1. The van der Waals surface area contributed by atoms with E-state index >= 15 is 0 Å². The highest BCUT2D eigenvalue weighted by Crippen LogP contribution is 2.18. The Bertz CT molecular complexity index is 308. The first-order valence-electron chi connectivity index (χ1n) is 4.88. The summed E-state index contributed by atoms with van der Waals surface area (Å²) >= 11 is 0. The predicted molar refractivity (Wildman–Crippen MR) is 62.0 cm³/mol. The molecule has 4 nitrogen and oxygen atoms in total. The van der Waals surface area contributed by atoms with E-state index in [1.807, 2.05) is 31.3 Å². The van der Waals surface area contributed by atoms with Gasteiger partial charge in [0.2, 0.25) is 0 Å². The minimum absolute atomic E-state index is 0.729. The molecule has 0 bridgehead atoms. The van der Waals surface area contributed by atoms with E-state index in [4.69, 9.17) is 4.74 Å². The maximum absolute atomic E-state index is 5.02. The first kappa shape index (κ1) is 11.7. The molecule has 1 aromatic rings. The van der Waals surface area contributed by atoms with Crippen molar-refractivity contribution in [2.45, 2.75) is 0 Å². The molecule has 1 rings (SSSR count). The molecule has 0 unspecified atom stereocenters. The molecule has 0 aromatic heterocycles. The second-order valence-corrected chi connectivity index (χ2v) is 3.23. The van der Waals surface area contributed by atoms with Crippen molar-refractivity contribution in [3.8, 4) is 0 Å². The summed E-state index contributed by atoms with van der Waals surface area (Å²) in [4.78, 5) is 2.14. The van der Waals surface area contributed by atoms with E-state index in [-0.39, 0.29) is 0 Å². The minimum Gasteiger partial charge on any atom is -0.383 e. The van der Waals surface area contributed by atoms with Crippen LogP contribution >= 0.6 is 0 Å². The van der Waals surface area contributed by atoms with Crippen LogP contribution < -0.4 is 4.90 Å². The Labute approximate surface area is 90.6 Å². The van der Waals surface area contributed by atoms with Crippen molar-refractivity contribution in [3.05, 3.63) is 24.3 Å². The molecule has 0 amide bonds. The number of benzene rings is 1. The molecule has 0 aliphatic heterocycles. The highest BCUT2D eigenvalue weighted by Gasteiger charge is 1.99. The number of hydrogen-bond donors (Lipinski definition) is 0. The number of hydrogen-bond acceptors (Lipinski definition) is 4. The average molecular weight is 207 g/mol. The fraction of sp³-hybridized carbons (Fsp3) is 0.455. The van der Waals surface area contributed by atoms with E-state index in [0.29, 0.717) is 0 Å². The molecule has 0 atom stereocenters. The number of nitrogens with zero attached hydrogens (tertiary/aromatic N) is 3. The van der Waals surface area contributed by atoms with Gasteiger partial charge >= 0.3 is 0 Å². The molecule has 0 N–H and O–H groups in total. The lowest BCUT2D eigenvalue weighted by atomic mass is 10.2. The van der Waals surface area contributed by atoms with Crippen molar-refractivity contribution in [1.82, 2.24) is 0 Å². The molecule has 0 spiro atoms. The maximum atomic E-state index is 5.02. The van der Waals surface area contributed by atoms with Gasteiger partial charge < -0.3 is 9.64 Å². The summed E-state index contributed by atoms with van der Waals surface area (Å²) < 4.78 is 5.02. The molecule has 0 aliphatic carbocycles. The van der Waals surface area contributed by atoms with E-state index in [9.17, 15) is 0 Å². The molecule has 0 radical (unpaired) electrons. The van der Waals surface area contributed by atoms with E-state index in [1.165, 1.54) is 0 Å². The summed E-state index contributed by atoms with van der Waals surface area (Å²) in [6, 6.07) is 7.95. The zero-order valence-electron chi connectivity index (χ0n) is 9.47. The Hall–Kier alpha value is -1.42. The Morgan fingerprint density at radius 3 is 2.47 bits per heavy atom. The smallest absolute Gasteiger partial charge is 0.0853 e. The molecule has 0 aliphatic rings. The van der Waals surface area contributed by atoms with Crippen LogP contribution in [-0.2, 0) is 4.74 Å². The zero-order valence-corrected chi connectivity index (χ0v) is 9.47. The van der Waals surface area contributed by atoms with Crippen molar-refractivity contribution in [1.29, 1.82) is 0 Å². The van der Waals surface area contributed by atoms with Crippen molar-refractivity contribution >= 4 is 11.4 Å². The fourth-order valence-corrected chi connectivity index (χ4v) is 1.25. The maximum Gasteiger partial charge on any atom is 0.0853 e. The van der Waals surface area contributed by atoms with E-state index < -0.39 is 0 Å². The predicted octanol–water partition coefficient (Wildman–Crippen LogP) is 2.48. The van der Waals surface area contributed by atoms with Crippen LogP contribution in [0, 0.1) is 0 Å². The lowest BCUT2D eigenvalue weighted by Gasteiger charge is -2.18. The third kappa shape index (κ3) is 3.67. The molecule has 0 saturated heterocycles. The van der Waals surface area contributed by atoms with Crippen molar-refractivity contribution in [3.63, 3.8) is 0 Å². The van der Waals surface area contributed by atoms with Gasteiger partial charge in [-0.2, -0.15) is 10.2 Å². The summed E-state index contributed by atoms with van der Waals surface area (Å²) in [7, 11) is 5.41. The average Bonchev–Trinajstić information content (AvgIpc) is 2.27. The van der Waals surface area contributed by atoms with Crippen LogP contribution in [0.2, 0.25) is 0 Å².